The molecule has 1 aromatic heterocycles. The van der Waals surface area contributed by atoms with E-state index in [1.54, 1.807) is 11.3 Å². The van der Waals surface area contributed by atoms with Crippen LogP contribution < -0.4 is 5.32 Å². The first-order chi connectivity index (χ1) is 14.4. The Kier molecular flexibility index (Phi) is 10.7. The number of guanidine groups is 1. The third kappa shape index (κ3) is 8.32. The van der Waals surface area contributed by atoms with Gasteiger partial charge in [-0.05, 0) is 38.8 Å². The van der Waals surface area contributed by atoms with E-state index in [0.29, 0.717) is 18.8 Å². The van der Waals surface area contributed by atoms with Crippen molar-refractivity contribution in [1.29, 1.82) is 0 Å². The summed E-state index contributed by atoms with van der Waals surface area (Å²) in [5.41, 5.74) is 3.64. The zero-order chi connectivity index (χ0) is 21.5. The summed E-state index contributed by atoms with van der Waals surface area (Å²) in [4.78, 5) is 14.0. The summed E-state index contributed by atoms with van der Waals surface area (Å²) in [5.74, 6) is 0.906. The highest BCUT2D eigenvalue weighted by atomic mass is 127. The maximum absolute atomic E-state index is 5.84. The minimum absolute atomic E-state index is 0. The number of rotatable bonds is 7. The average molecular weight is 558 g/mol. The summed E-state index contributed by atoms with van der Waals surface area (Å²) in [5, 5.41) is 6.60. The number of nitrogens with one attached hydrogen (secondary N) is 1. The van der Waals surface area contributed by atoms with Crippen molar-refractivity contribution in [2.75, 3.05) is 26.7 Å². The van der Waals surface area contributed by atoms with Crippen molar-refractivity contribution in [3.63, 3.8) is 0 Å². The summed E-state index contributed by atoms with van der Waals surface area (Å²) in [6.07, 6.45) is 0.606. The van der Waals surface area contributed by atoms with E-state index in [4.69, 9.17) is 9.73 Å². The highest BCUT2D eigenvalue weighted by Gasteiger charge is 2.21. The first-order valence-corrected chi connectivity index (χ1v) is 11.7. The molecule has 31 heavy (non-hydrogen) atoms. The first-order valence-electron chi connectivity index (χ1n) is 10.8. The number of aromatic nitrogens is 1. The van der Waals surface area contributed by atoms with E-state index in [0.717, 1.165) is 49.4 Å². The van der Waals surface area contributed by atoms with E-state index in [9.17, 15) is 0 Å². The van der Waals surface area contributed by atoms with Gasteiger partial charge in [0.1, 0.15) is 0 Å². The highest BCUT2D eigenvalue weighted by molar-refractivity contribution is 14.0. The summed E-state index contributed by atoms with van der Waals surface area (Å²) < 4.78 is 5.84. The topological polar surface area (TPSA) is 53.0 Å². The highest BCUT2D eigenvalue weighted by Crippen LogP contribution is 2.15. The van der Waals surface area contributed by atoms with Gasteiger partial charge in [0, 0.05) is 38.6 Å². The number of ether oxygens (including phenoxy) is 1. The van der Waals surface area contributed by atoms with Crippen LogP contribution in [0.1, 0.15) is 42.6 Å². The molecule has 1 aromatic carbocycles. The lowest BCUT2D eigenvalue weighted by molar-refractivity contribution is -0.0704. The maximum Gasteiger partial charge on any atom is 0.194 e. The molecule has 2 aromatic rings. The van der Waals surface area contributed by atoms with Crippen LogP contribution in [0.3, 0.4) is 0 Å². The number of hydrogen-bond donors (Lipinski definition) is 1. The van der Waals surface area contributed by atoms with Gasteiger partial charge in [0.15, 0.2) is 5.96 Å². The Morgan fingerprint density at radius 2 is 1.87 bits per heavy atom. The van der Waals surface area contributed by atoms with Crippen LogP contribution in [0.2, 0.25) is 0 Å². The molecule has 6 nitrogen and oxygen atoms in total. The van der Waals surface area contributed by atoms with Crippen molar-refractivity contribution >= 4 is 41.3 Å². The summed E-state index contributed by atoms with van der Waals surface area (Å²) >= 11 is 1.69. The molecule has 0 aliphatic carbocycles. The Hall–Kier alpha value is -1.23. The van der Waals surface area contributed by atoms with Crippen LogP contribution in [0.4, 0.5) is 0 Å². The van der Waals surface area contributed by atoms with Crippen molar-refractivity contribution in [2.24, 2.45) is 4.99 Å². The molecule has 1 saturated heterocycles. The number of nitrogens with zero attached hydrogens (tertiary/aromatic N) is 4. The normalized spacial score (nSPS) is 19.7. The van der Waals surface area contributed by atoms with E-state index in [-0.39, 0.29) is 24.0 Å². The quantitative estimate of drug-likeness (QED) is 0.313. The Bertz CT molecular complexity index is 816. The van der Waals surface area contributed by atoms with Gasteiger partial charge in [-0.3, -0.25) is 4.90 Å². The molecule has 0 bridgehead atoms. The third-order valence-electron chi connectivity index (χ3n) is 5.10. The number of aliphatic imine (C=N–C) groups is 1. The van der Waals surface area contributed by atoms with Crippen molar-refractivity contribution < 1.29 is 4.74 Å². The lowest BCUT2D eigenvalue weighted by Gasteiger charge is -2.35. The second-order valence-corrected chi connectivity index (χ2v) is 9.21. The van der Waals surface area contributed by atoms with Crippen LogP contribution in [-0.2, 0) is 24.4 Å². The Labute approximate surface area is 208 Å². The Balaban J connectivity index is 0.00000341. The molecule has 0 amide bonds. The first kappa shape index (κ1) is 26.0. The van der Waals surface area contributed by atoms with Gasteiger partial charge < -0.3 is 15.0 Å². The number of thiazole rings is 1. The second kappa shape index (κ2) is 12.7. The molecule has 2 heterocycles. The fourth-order valence-corrected chi connectivity index (χ4v) is 4.46. The fourth-order valence-electron chi connectivity index (χ4n) is 3.86. The molecule has 2 atom stereocenters. The van der Waals surface area contributed by atoms with Gasteiger partial charge in [0.05, 0.1) is 36.0 Å². The van der Waals surface area contributed by atoms with Gasteiger partial charge in [-0.15, -0.1) is 35.3 Å². The van der Waals surface area contributed by atoms with Crippen LogP contribution >= 0.6 is 35.3 Å². The van der Waals surface area contributed by atoms with E-state index in [1.165, 1.54) is 11.1 Å². The molecule has 2 unspecified atom stereocenters. The molecule has 0 radical (unpaired) electrons. The SMILES string of the molecule is CCNC(=NCc1ccc(CN2CC(C)OC(C)C2)cc1)N(C)Cc1csc(C)n1.I. The minimum Gasteiger partial charge on any atom is -0.373 e. The molecule has 1 aliphatic rings. The lowest BCUT2D eigenvalue weighted by Crippen LogP contribution is -2.44. The number of halogens is 1. The zero-order valence-corrected chi connectivity index (χ0v) is 22.4. The molecule has 1 aliphatic heterocycles. The number of benzene rings is 1. The number of hydrogen-bond acceptors (Lipinski definition) is 5. The number of aryl methyl sites for hydroxylation is 1. The molecule has 0 saturated carbocycles. The predicted molar refractivity (Wildman–Crippen MR) is 140 cm³/mol. The van der Waals surface area contributed by atoms with Crippen LogP contribution in [-0.4, -0.2) is 59.6 Å². The fraction of sp³-hybridized carbons (Fsp3) is 0.565. The van der Waals surface area contributed by atoms with Crippen LogP contribution in [0.15, 0.2) is 34.6 Å². The maximum atomic E-state index is 5.84. The van der Waals surface area contributed by atoms with Gasteiger partial charge in [0.2, 0.25) is 0 Å². The molecule has 0 spiro atoms. The van der Waals surface area contributed by atoms with Gasteiger partial charge in [-0.25, -0.2) is 9.98 Å². The van der Waals surface area contributed by atoms with Crippen molar-refractivity contribution in [2.45, 2.75) is 59.5 Å². The van der Waals surface area contributed by atoms with Crippen LogP contribution in [0.5, 0.6) is 0 Å². The molecule has 1 fully saturated rings. The van der Waals surface area contributed by atoms with Gasteiger partial charge >= 0.3 is 0 Å². The molecular weight excluding hydrogens is 521 g/mol. The van der Waals surface area contributed by atoms with Gasteiger partial charge in [-0.2, -0.15) is 0 Å². The number of morpholine rings is 1. The van der Waals surface area contributed by atoms with Crippen molar-refractivity contribution in [1.82, 2.24) is 20.1 Å². The molecule has 172 valence electrons. The molecule has 1 N–H and O–H groups in total. The smallest absolute Gasteiger partial charge is 0.194 e. The summed E-state index contributed by atoms with van der Waals surface area (Å²) in [6.45, 7) is 13.7. The third-order valence-corrected chi connectivity index (χ3v) is 5.92. The van der Waals surface area contributed by atoms with E-state index in [1.807, 2.05) is 6.92 Å². The molecular formula is C23H36IN5OS. The van der Waals surface area contributed by atoms with Crippen LogP contribution in [0, 0.1) is 6.92 Å². The van der Waals surface area contributed by atoms with Crippen molar-refractivity contribution in [3.05, 3.63) is 51.5 Å². The van der Waals surface area contributed by atoms with E-state index in [2.05, 4.69) is 77.6 Å². The van der Waals surface area contributed by atoms with Gasteiger partial charge in [-0.1, -0.05) is 24.3 Å². The van der Waals surface area contributed by atoms with Crippen molar-refractivity contribution in [3.8, 4) is 0 Å². The largest absolute Gasteiger partial charge is 0.373 e. The second-order valence-electron chi connectivity index (χ2n) is 8.15. The summed E-state index contributed by atoms with van der Waals surface area (Å²) in [6, 6.07) is 8.84. The van der Waals surface area contributed by atoms with E-state index >= 15 is 0 Å². The van der Waals surface area contributed by atoms with Crippen LogP contribution in [0.25, 0.3) is 0 Å². The van der Waals surface area contributed by atoms with Gasteiger partial charge in [0.25, 0.3) is 0 Å². The molecule has 8 heteroatoms. The molecule has 3 rings (SSSR count). The standard InChI is InChI=1S/C23H35N5OS.HI/c1-6-24-23(27(5)15-22-16-30-19(4)26-22)25-11-20-7-9-21(10-8-20)14-28-12-17(2)29-18(3)13-28;/h7-10,16-18H,6,11-15H2,1-5H3,(H,24,25);1H. The summed E-state index contributed by atoms with van der Waals surface area (Å²) in [7, 11) is 2.06. The average Bonchev–Trinajstić information content (AvgIpc) is 3.10. The predicted octanol–water partition coefficient (Wildman–Crippen LogP) is 4.28. The lowest BCUT2D eigenvalue weighted by atomic mass is 10.1. The van der Waals surface area contributed by atoms with E-state index < -0.39 is 0 Å². The minimum atomic E-state index is 0. The Morgan fingerprint density at radius 3 is 2.45 bits per heavy atom. The zero-order valence-electron chi connectivity index (χ0n) is 19.3. The monoisotopic (exact) mass is 557 g/mol. The Morgan fingerprint density at radius 1 is 1.23 bits per heavy atom.